The van der Waals surface area contributed by atoms with Gasteiger partial charge < -0.3 is 14.8 Å². The summed E-state index contributed by atoms with van der Waals surface area (Å²) in [5.74, 6) is 0.874. The molecular formula is C14H20FNO2. The van der Waals surface area contributed by atoms with Crippen molar-refractivity contribution in [1.29, 1.82) is 0 Å². The lowest BCUT2D eigenvalue weighted by atomic mass is 10.1. The molecule has 0 radical (unpaired) electrons. The number of benzene rings is 1. The Kier molecular flexibility index (Phi) is 4.55. The minimum absolute atomic E-state index is 0.00324. The van der Waals surface area contributed by atoms with Gasteiger partial charge in [0.25, 0.3) is 0 Å². The molecule has 0 spiro atoms. The standard InChI is InChI=1S/C14H20FNO2/c1-10(16-8-11-5-6-18-9-11)13-4-3-12(17-2)7-14(13)15/h3-4,7,10-11,16H,5-6,8-9H2,1-2H3. The molecule has 3 nitrogen and oxygen atoms in total. The number of hydrogen-bond acceptors (Lipinski definition) is 3. The zero-order valence-electron chi connectivity index (χ0n) is 10.9. The van der Waals surface area contributed by atoms with Crippen molar-refractivity contribution in [2.45, 2.75) is 19.4 Å². The third-order valence-electron chi connectivity index (χ3n) is 3.41. The average Bonchev–Trinajstić information content (AvgIpc) is 2.88. The average molecular weight is 253 g/mol. The van der Waals surface area contributed by atoms with Crippen molar-refractivity contribution in [3.8, 4) is 5.75 Å². The monoisotopic (exact) mass is 253 g/mol. The fourth-order valence-electron chi connectivity index (χ4n) is 2.18. The summed E-state index contributed by atoms with van der Waals surface area (Å²) < 4.78 is 24.2. The van der Waals surface area contributed by atoms with E-state index in [1.807, 2.05) is 6.92 Å². The lowest BCUT2D eigenvalue weighted by Gasteiger charge is -2.17. The highest BCUT2D eigenvalue weighted by atomic mass is 19.1. The molecule has 18 heavy (non-hydrogen) atoms. The van der Waals surface area contributed by atoms with E-state index in [1.165, 1.54) is 13.2 Å². The normalized spacial score (nSPS) is 20.9. The first-order valence-corrected chi connectivity index (χ1v) is 6.35. The largest absolute Gasteiger partial charge is 0.497 e. The highest BCUT2D eigenvalue weighted by Gasteiger charge is 2.17. The molecule has 0 amide bonds. The minimum Gasteiger partial charge on any atom is -0.497 e. The molecule has 1 fully saturated rings. The van der Waals surface area contributed by atoms with E-state index < -0.39 is 0 Å². The van der Waals surface area contributed by atoms with Gasteiger partial charge in [-0.2, -0.15) is 0 Å². The molecule has 1 aromatic rings. The van der Waals surface area contributed by atoms with Gasteiger partial charge in [0.2, 0.25) is 0 Å². The molecule has 2 atom stereocenters. The van der Waals surface area contributed by atoms with E-state index in [-0.39, 0.29) is 11.9 Å². The van der Waals surface area contributed by atoms with Crippen LogP contribution < -0.4 is 10.1 Å². The maximum absolute atomic E-state index is 13.8. The van der Waals surface area contributed by atoms with E-state index in [1.54, 1.807) is 12.1 Å². The van der Waals surface area contributed by atoms with Crippen molar-refractivity contribution in [3.63, 3.8) is 0 Å². The Morgan fingerprint density at radius 3 is 3.00 bits per heavy atom. The van der Waals surface area contributed by atoms with Crippen LogP contribution in [0.15, 0.2) is 18.2 Å². The van der Waals surface area contributed by atoms with Gasteiger partial charge >= 0.3 is 0 Å². The number of methoxy groups -OCH3 is 1. The molecule has 1 heterocycles. The minimum atomic E-state index is -0.225. The molecule has 0 bridgehead atoms. The molecule has 1 aromatic carbocycles. The van der Waals surface area contributed by atoms with Gasteiger partial charge in [-0.05, 0) is 25.3 Å². The maximum atomic E-state index is 13.8. The summed E-state index contributed by atoms with van der Waals surface area (Å²) in [5.41, 5.74) is 0.676. The van der Waals surface area contributed by atoms with Crippen LogP contribution in [0.5, 0.6) is 5.75 Å². The van der Waals surface area contributed by atoms with Crippen LogP contribution >= 0.6 is 0 Å². The zero-order valence-corrected chi connectivity index (χ0v) is 10.9. The van der Waals surface area contributed by atoms with Gasteiger partial charge in [0.15, 0.2) is 0 Å². The Morgan fingerprint density at radius 1 is 1.56 bits per heavy atom. The van der Waals surface area contributed by atoms with Crippen LogP contribution in [0, 0.1) is 11.7 Å². The van der Waals surface area contributed by atoms with Crippen molar-refractivity contribution in [2.24, 2.45) is 5.92 Å². The molecule has 1 N–H and O–H groups in total. The predicted octanol–water partition coefficient (Wildman–Crippen LogP) is 2.52. The third-order valence-corrected chi connectivity index (χ3v) is 3.41. The molecule has 2 unspecified atom stereocenters. The molecule has 100 valence electrons. The van der Waals surface area contributed by atoms with Crippen molar-refractivity contribution in [3.05, 3.63) is 29.6 Å². The lowest BCUT2D eigenvalue weighted by Crippen LogP contribution is -2.26. The Morgan fingerprint density at radius 2 is 2.39 bits per heavy atom. The van der Waals surface area contributed by atoms with Gasteiger partial charge in [-0.25, -0.2) is 4.39 Å². The zero-order chi connectivity index (χ0) is 13.0. The Balaban J connectivity index is 1.93. The maximum Gasteiger partial charge on any atom is 0.131 e. The molecule has 1 saturated heterocycles. The first kappa shape index (κ1) is 13.3. The Hall–Kier alpha value is -1.13. The van der Waals surface area contributed by atoms with E-state index in [9.17, 15) is 4.39 Å². The fourth-order valence-corrected chi connectivity index (χ4v) is 2.18. The van der Waals surface area contributed by atoms with Gasteiger partial charge in [0.05, 0.1) is 13.7 Å². The molecule has 1 aliphatic rings. The van der Waals surface area contributed by atoms with Crippen molar-refractivity contribution in [2.75, 3.05) is 26.9 Å². The first-order chi connectivity index (χ1) is 8.70. The summed E-state index contributed by atoms with van der Waals surface area (Å²) >= 11 is 0. The molecule has 4 heteroatoms. The van der Waals surface area contributed by atoms with Crippen LogP contribution in [-0.2, 0) is 4.74 Å². The summed E-state index contributed by atoms with van der Waals surface area (Å²) in [6.45, 7) is 4.50. The number of rotatable bonds is 5. The molecular weight excluding hydrogens is 233 g/mol. The summed E-state index contributed by atoms with van der Waals surface area (Å²) in [7, 11) is 1.54. The van der Waals surface area contributed by atoms with E-state index in [0.717, 1.165) is 26.2 Å². The van der Waals surface area contributed by atoms with E-state index >= 15 is 0 Å². The van der Waals surface area contributed by atoms with Crippen LogP contribution in [0.3, 0.4) is 0 Å². The molecule has 0 aliphatic carbocycles. The van der Waals surface area contributed by atoms with Crippen LogP contribution in [-0.4, -0.2) is 26.9 Å². The van der Waals surface area contributed by atoms with Gasteiger partial charge in [-0.3, -0.25) is 0 Å². The summed E-state index contributed by atoms with van der Waals surface area (Å²) in [4.78, 5) is 0. The van der Waals surface area contributed by atoms with Gasteiger partial charge in [0.1, 0.15) is 11.6 Å². The van der Waals surface area contributed by atoms with Gasteiger partial charge in [-0.15, -0.1) is 0 Å². The first-order valence-electron chi connectivity index (χ1n) is 6.35. The predicted molar refractivity (Wildman–Crippen MR) is 68.3 cm³/mol. The number of hydrogen-bond donors (Lipinski definition) is 1. The SMILES string of the molecule is COc1ccc(C(C)NCC2CCOC2)c(F)c1. The molecule has 1 aliphatic heterocycles. The number of nitrogens with one attached hydrogen (secondary N) is 1. The van der Waals surface area contributed by atoms with Crippen LogP contribution in [0.4, 0.5) is 4.39 Å². The lowest BCUT2D eigenvalue weighted by molar-refractivity contribution is 0.184. The van der Waals surface area contributed by atoms with Crippen molar-refractivity contribution in [1.82, 2.24) is 5.32 Å². The quantitative estimate of drug-likeness (QED) is 0.874. The number of halogens is 1. The molecule has 0 aromatic heterocycles. The van der Waals surface area contributed by atoms with E-state index in [0.29, 0.717) is 17.2 Å². The Bertz CT molecular complexity index is 391. The molecule has 0 saturated carbocycles. The second kappa shape index (κ2) is 6.16. The summed E-state index contributed by atoms with van der Waals surface area (Å²) in [5, 5.41) is 3.36. The molecule has 2 rings (SSSR count). The smallest absolute Gasteiger partial charge is 0.131 e. The second-order valence-electron chi connectivity index (χ2n) is 4.75. The van der Waals surface area contributed by atoms with E-state index in [4.69, 9.17) is 9.47 Å². The van der Waals surface area contributed by atoms with E-state index in [2.05, 4.69) is 5.32 Å². The number of ether oxygens (including phenoxy) is 2. The second-order valence-corrected chi connectivity index (χ2v) is 4.75. The van der Waals surface area contributed by atoms with Crippen LogP contribution in [0.25, 0.3) is 0 Å². The Labute approximate surface area is 107 Å². The summed E-state index contributed by atoms with van der Waals surface area (Å²) in [6.07, 6.45) is 1.09. The summed E-state index contributed by atoms with van der Waals surface area (Å²) in [6, 6.07) is 4.98. The van der Waals surface area contributed by atoms with Crippen LogP contribution in [0.1, 0.15) is 24.9 Å². The van der Waals surface area contributed by atoms with Crippen molar-refractivity contribution < 1.29 is 13.9 Å². The fraction of sp³-hybridized carbons (Fsp3) is 0.571. The van der Waals surface area contributed by atoms with Gasteiger partial charge in [0, 0.05) is 30.8 Å². The highest BCUT2D eigenvalue weighted by Crippen LogP contribution is 2.22. The van der Waals surface area contributed by atoms with Crippen LogP contribution in [0.2, 0.25) is 0 Å². The van der Waals surface area contributed by atoms with Crippen molar-refractivity contribution >= 4 is 0 Å². The third kappa shape index (κ3) is 3.21. The van der Waals surface area contributed by atoms with Gasteiger partial charge in [-0.1, -0.05) is 6.07 Å². The highest BCUT2D eigenvalue weighted by molar-refractivity contribution is 5.30. The topological polar surface area (TPSA) is 30.5 Å².